The van der Waals surface area contributed by atoms with Crippen LogP contribution in [0.4, 0.5) is 5.82 Å². The molecule has 134 valence electrons. The topological polar surface area (TPSA) is 66.3 Å². The van der Waals surface area contributed by atoms with Crippen LogP contribution in [-0.2, 0) is 11.8 Å². The van der Waals surface area contributed by atoms with E-state index in [1.165, 1.54) is 0 Å². The van der Waals surface area contributed by atoms with Gasteiger partial charge in [0.2, 0.25) is 5.91 Å². The Morgan fingerprint density at radius 3 is 2.52 bits per heavy atom. The highest BCUT2D eigenvalue weighted by Crippen LogP contribution is 2.27. The number of likely N-dealkylation sites (N-methyl/N-ethyl adjacent to an activating group) is 1. The summed E-state index contributed by atoms with van der Waals surface area (Å²) in [5, 5.41) is 8.26. The van der Waals surface area contributed by atoms with Crippen LogP contribution in [0.25, 0.3) is 0 Å². The van der Waals surface area contributed by atoms with Crippen molar-refractivity contribution in [1.82, 2.24) is 25.0 Å². The van der Waals surface area contributed by atoms with Gasteiger partial charge in [-0.2, -0.15) is 5.10 Å². The number of carbonyl (C=O) groups excluding carboxylic acids is 1. The van der Waals surface area contributed by atoms with E-state index in [1.807, 2.05) is 18.1 Å². The number of anilines is 1. The van der Waals surface area contributed by atoms with E-state index in [1.54, 1.807) is 30.2 Å². The summed E-state index contributed by atoms with van der Waals surface area (Å²) in [6, 6.07) is 1.29. The fraction of sp³-hybridized carbons (Fsp3) is 0.438. The van der Waals surface area contributed by atoms with Gasteiger partial charge in [0.1, 0.15) is 11.9 Å². The normalized spacial score (nSPS) is 16.2. The molecule has 9 heteroatoms. The molecule has 0 bridgehead atoms. The first-order valence-electron chi connectivity index (χ1n) is 8.00. The van der Waals surface area contributed by atoms with Crippen molar-refractivity contribution in [2.75, 3.05) is 38.1 Å². The number of piperazine rings is 1. The molecular weight excluding hydrogens is 363 g/mol. The van der Waals surface area contributed by atoms with Crippen LogP contribution in [0.15, 0.2) is 24.7 Å². The summed E-state index contributed by atoms with van der Waals surface area (Å²) in [6.07, 6.45) is 5.15. The number of nitrogens with one attached hydrogen (secondary N) is 1. The molecule has 25 heavy (non-hydrogen) atoms. The molecule has 2 aromatic heterocycles. The smallest absolute Gasteiger partial charge is 0.244 e. The van der Waals surface area contributed by atoms with Gasteiger partial charge in [-0.25, -0.2) is 4.98 Å². The first-order chi connectivity index (χ1) is 12.0. The Labute approximate surface area is 156 Å². The van der Waals surface area contributed by atoms with E-state index in [-0.39, 0.29) is 5.91 Å². The molecule has 1 aliphatic rings. The molecule has 1 unspecified atom stereocenters. The van der Waals surface area contributed by atoms with Crippen LogP contribution in [0.5, 0.6) is 0 Å². The maximum atomic E-state index is 12.8. The van der Waals surface area contributed by atoms with E-state index in [0.717, 1.165) is 5.56 Å². The maximum Gasteiger partial charge on any atom is 0.244 e. The predicted molar refractivity (Wildman–Crippen MR) is 98.1 cm³/mol. The summed E-state index contributed by atoms with van der Waals surface area (Å²) in [7, 11) is 3.62. The highest BCUT2D eigenvalue weighted by molar-refractivity contribution is 6.36. The van der Waals surface area contributed by atoms with Gasteiger partial charge in [-0.3, -0.25) is 9.48 Å². The number of aryl methyl sites for hydroxylation is 1. The Balaban J connectivity index is 1.66. The fourth-order valence-corrected chi connectivity index (χ4v) is 3.48. The standard InChI is InChI=1S/C16H20Cl2N6O/c1-19-14(11-8-21-22(2)10-11)16(25)24-5-3-23(4-6-24)15-13(18)7-12(17)9-20-15/h7-10,14,19H,3-6H2,1-2H3. The van der Waals surface area contributed by atoms with Crippen LogP contribution in [0.1, 0.15) is 11.6 Å². The lowest BCUT2D eigenvalue weighted by Crippen LogP contribution is -2.51. The van der Waals surface area contributed by atoms with E-state index in [0.29, 0.717) is 42.0 Å². The fourth-order valence-electron chi connectivity index (χ4n) is 2.98. The third-order valence-electron chi connectivity index (χ3n) is 4.27. The van der Waals surface area contributed by atoms with Crippen molar-refractivity contribution in [2.24, 2.45) is 7.05 Å². The lowest BCUT2D eigenvalue weighted by Gasteiger charge is -2.37. The molecule has 1 saturated heterocycles. The van der Waals surface area contributed by atoms with Gasteiger partial charge in [-0.15, -0.1) is 0 Å². The summed E-state index contributed by atoms with van der Waals surface area (Å²) in [5.74, 6) is 0.751. The molecule has 3 heterocycles. The van der Waals surface area contributed by atoms with Crippen LogP contribution in [0, 0.1) is 0 Å². The van der Waals surface area contributed by atoms with Crippen molar-refractivity contribution in [1.29, 1.82) is 0 Å². The van der Waals surface area contributed by atoms with E-state index in [9.17, 15) is 4.79 Å². The molecule has 0 radical (unpaired) electrons. The Morgan fingerprint density at radius 1 is 1.24 bits per heavy atom. The molecule has 1 fully saturated rings. The molecule has 1 atom stereocenters. The number of hydrogen-bond acceptors (Lipinski definition) is 5. The van der Waals surface area contributed by atoms with E-state index in [2.05, 4.69) is 20.3 Å². The third kappa shape index (κ3) is 3.89. The zero-order valence-corrected chi connectivity index (χ0v) is 15.6. The minimum Gasteiger partial charge on any atom is -0.352 e. The largest absolute Gasteiger partial charge is 0.352 e. The van der Waals surface area contributed by atoms with Gasteiger partial charge in [0.15, 0.2) is 0 Å². The molecule has 1 N–H and O–H groups in total. The van der Waals surface area contributed by atoms with Gasteiger partial charge in [0, 0.05) is 51.2 Å². The van der Waals surface area contributed by atoms with Crippen LogP contribution in [0.3, 0.4) is 0 Å². The second-order valence-electron chi connectivity index (χ2n) is 5.94. The summed E-state index contributed by atoms with van der Waals surface area (Å²) in [6.45, 7) is 2.56. The molecule has 0 saturated carbocycles. The molecule has 2 aromatic rings. The van der Waals surface area contributed by atoms with Crippen LogP contribution >= 0.6 is 23.2 Å². The zero-order chi connectivity index (χ0) is 18.0. The third-order valence-corrected chi connectivity index (χ3v) is 4.76. The minimum atomic E-state index is -0.391. The molecule has 1 aliphatic heterocycles. The zero-order valence-electron chi connectivity index (χ0n) is 14.1. The van der Waals surface area contributed by atoms with E-state index < -0.39 is 6.04 Å². The van der Waals surface area contributed by atoms with Gasteiger partial charge in [-0.05, 0) is 13.1 Å². The SMILES string of the molecule is CNC(C(=O)N1CCN(c2ncc(Cl)cc2Cl)CC1)c1cnn(C)c1. The first kappa shape index (κ1) is 18.0. The van der Waals surface area contributed by atoms with Crippen LogP contribution in [0.2, 0.25) is 10.0 Å². The number of halogens is 2. The summed E-state index contributed by atoms with van der Waals surface area (Å²) in [4.78, 5) is 21.1. The van der Waals surface area contributed by atoms with Gasteiger partial charge in [0.25, 0.3) is 0 Å². The Bertz CT molecular complexity index is 757. The Morgan fingerprint density at radius 2 is 1.96 bits per heavy atom. The summed E-state index contributed by atoms with van der Waals surface area (Å²) < 4.78 is 1.69. The van der Waals surface area contributed by atoms with Crippen LogP contribution < -0.4 is 10.2 Å². The Kier molecular flexibility index (Phi) is 5.46. The van der Waals surface area contributed by atoms with Crippen molar-refractivity contribution < 1.29 is 4.79 Å². The molecular formula is C16H20Cl2N6O. The van der Waals surface area contributed by atoms with Crippen LogP contribution in [-0.4, -0.2) is 58.8 Å². The van der Waals surface area contributed by atoms with Gasteiger partial charge in [-0.1, -0.05) is 23.2 Å². The lowest BCUT2D eigenvalue weighted by molar-refractivity contribution is -0.133. The van der Waals surface area contributed by atoms with Crippen molar-refractivity contribution in [3.63, 3.8) is 0 Å². The molecule has 0 aromatic carbocycles. The number of pyridine rings is 1. The number of hydrogen-bond donors (Lipinski definition) is 1. The maximum absolute atomic E-state index is 12.8. The predicted octanol–water partition coefficient (Wildman–Crippen LogP) is 1.73. The number of carbonyl (C=O) groups is 1. The highest BCUT2D eigenvalue weighted by Gasteiger charge is 2.29. The molecule has 0 aliphatic carbocycles. The second-order valence-corrected chi connectivity index (χ2v) is 6.78. The van der Waals surface area contributed by atoms with Gasteiger partial charge < -0.3 is 15.1 Å². The molecule has 7 nitrogen and oxygen atoms in total. The average molecular weight is 383 g/mol. The van der Waals surface area contributed by atoms with E-state index >= 15 is 0 Å². The minimum absolute atomic E-state index is 0.0466. The monoisotopic (exact) mass is 382 g/mol. The van der Waals surface area contributed by atoms with Crippen molar-refractivity contribution in [2.45, 2.75) is 6.04 Å². The first-order valence-corrected chi connectivity index (χ1v) is 8.75. The van der Waals surface area contributed by atoms with Gasteiger partial charge in [0.05, 0.1) is 16.2 Å². The number of aromatic nitrogens is 3. The van der Waals surface area contributed by atoms with Crippen molar-refractivity contribution in [3.8, 4) is 0 Å². The van der Waals surface area contributed by atoms with Crippen molar-refractivity contribution in [3.05, 3.63) is 40.3 Å². The quantitative estimate of drug-likeness (QED) is 0.871. The van der Waals surface area contributed by atoms with E-state index in [4.69, 9.17) is 23.2 Å². The lowest BCUT2D eigenvalue weighted by atomic mass is 10.1. The number of rotatable bonds is 4. The van der Waals surface area contributed by atoms with Crippen molar-refractivity contribution >= 4 is 34.9 Å². The van der Waals surface area contributed by atoms with Gasteiger partial charge >= 0.3 is 0 Å². The average Bonchev–Trinajstić information content (AvgIpc) is 3.02. The second kappa shape index (κ2) is 7.59. The highest BCUT2D eigenvalue weighted by atomic mass is 35.5. The molecule has 3 rings (SSSR count). The number of amides is 1. The number of nitrogens with zero attached hydrogens (tertiary/aromatic N) is 5. The summed E-state index contributed by atoms with van der Waals surface area (Å²) in [5.41, 5.74) is 0.861. The summed E-state index contributed by atoms with van der Waals surface area (Å²) >= 11 is 12.1. The Hall–Kier alpha value is -1.83. The molecule has 1 amide bonds. The molecule has 0 spiro atoms.